The summed E-state index contributed by atoms with van der Waals surface area (Å²) in [6.45, 7) is 0. The van der Waals surface area contributed by atoms with Gasteiger partial charge in [0.2, 0.25) is 0 Å². The molecule has 0 aliphatic heterocycles. The van der Waals surface area contributed by atoms with E-state index in [0.29, 0.717) is 0 Å². The van der Waals surface area contributed by atoms with Gasteiger partial charge in [-0.25, -0.2) is 0 Å². The largest absolute Gasteiger partial charge is 0.507 e. The normalized spacial score (nSPS) is 10.9. The third-order valence-corrected chi connectivity index (χ3v) is 3.34. The molecule has 2 aromatic carbocycles. The van der Waals surface area contributed by atoms with Crippen molar-refractivity contribution >= 4 is 17.8 Å². The molecule has 0 aliphatic rings. The van der Waals surface area contributed by atoms with Crippen LogP contribution in [0.3, 0.4) is 0 Å². The Labute approximate surface area is 129 Å². The standard InChI is InChI=1S/C19H16N2O/c20-16-5-3-4-14(12-16)7-8-15-9-10-19(22)17(13-15)18-6-1-2-11-21-18/h1-13,22H,20H2/b8-7+. The minimum Gasteiger partial charge on any atom is -0.507 e. The molecular weight excluding hydrogens is 272 g/mol. The summed E-state index contributed by atoms with van der Waals surface area (Å²) >= 11 is 0. The van der Waals surface area contributed by atoms with E-state index < -0.39 is 0 Å². The number of phenols is 1. The predicted octanol–water partition coefficient (Wildman–Crippen LogP) is 4.21. The van der Waals surface area contributed by atoms with Crippen LogP contribution in [0.2, 0.25) is 0 Å². The fraction of sp³-hybridized carbons (Fsp3) is 0. The van der Waals surface area contributed by atoms with Gasteiger partial charge in [-0.2, -0.15) is 0 Å². The summed E-state index contributed by atoms with van der Waals surface area (Å²) in [5.74, 6) is 0.222. The van der Waals surface area contributed by atoms with Gasteiger partial charge in [-0.1, -0.05) is 36.4 Å². The number of hydrogen-bond acceptors (Lipinski definition) is 3. The van der Waals surface area contributed by atoms with Gasteiger partial charge in [0.05, 0.1) is 5.69 Å². The number of nitrogens with zero attached hydrogens (tertiary/aromatic N) is 1. The maximum atomic E-state index is 10.0. The highest BCUT2D eigenvalue weighted by atomic mass is 16.3. The van der Waals surface area contributed by atoms with Crippen molar-refractivity contribution in [3.8, 4) is 17.0 Å². The lowest BCUT2D eigenvalue weighted by atomic mass is 10.0. The molecule has 3 rings (SSSR count). The van der Waals surface area contributed by atoms with Crippen molar-refractivity contribution in [2.24, 2.45) is 0 Å². The molecule has 3 aromatic rings. The molecule has 3 N–H and O–H groups in total. The van der Waals surface area contributed by atoms with Gasteiger partial charge in [0.25, 0.3) is 0 Å². The van der Waals surface area contributed by atoms with E-state index in [4.69, 9.17) is 5.73 Å². The van der Waals surface area contributed by atoms with E-state index in [1.54, 1.807) is 12.3 Å². The number of phenolic OH excluding ortho intramolecular Hbond substituents is 1. The van der Waals surface area contributed by atoms with Gasteiger partial charge in [0, 0.05) is 17.4 Å². The highest BCUT2D eigenvalue weighted by molar-refractivity contribution is 5.76. The first kappa shape index (κ1) is 13.9. The first-order valence-electron chi connectivity index (χ1n) is 7.00. The third-order valence-electron chi connectivity index (χ3n) is 3.34. The lowest BCUT2D eigenvalue weighted by Gasteiger charge is -2.05. The van der Waals surface area contributed by atoms with E-state index in [9.17, 15) is 5.11 Å². The molecule has 0 bridgehead atoms. The number of rotatable bonds is 3. The summed E-state index contributed by atoms with van der Waals surface area (Å²) in [5, 5.41) is 10.0. The molecule has 3 nitrogen and oxygen atoms in total. The second-order valence-electron chi connectivity index (χ2n) is 5.00. The first-order valence-corrected chi connectivity index (χ1v) is 7.00. The number of aromatic nitrogens is 1. The van der Waals surface area contributed by atoms with E-state index in [1.165, 1.54) is 0 Å². The van der Waals surface area contributed by atoms with Gasteiger partial charge < -0.3 is 10.8 Å². The SMILES string of the molecule is Nc1cccc(/C=C/c2ccc(O)c(-c3ccccn3)c2)c1. The van der Waals surface area contributed by atoms with E-state index in [0.717, 1.165) is 28.1 Å². The number of benzene rings is 2. The average Bonchev–Trinajstić information content (AvgIpc) is 2.55. The van der Waals surface area contributed by atoms with E-state index in [-0.39, 0.29) is 5.75 Å². The molecule has 0 amide bonds. The number of aromatic hydroxyl groups is 1. The van der Waals surface area contributed by atoms with Crippen LogP contribution in [0, 0.1) is 0 Å². The second kappa shape index (κ2) is 6.14. The van der Waals surface area contributed by atoms with Crippen LogP contribution < -0.4 is 5.73 Å². The second-order valence-corrected chi connectivity index (χ2v) is 5.00. The zero-order valence-corrected chi connectivity index (χ0v) is 12.0. The summed E-state index contributed by atoms with van der Waals surface area (Å²) in [4.78, 5) is 4.28. The monoisotopic (exact) mass is 288 g/mol. The Kier molecular flexibility index (Phi) is 3.88. The summed E-state index contributed by atoms with van der Waals surface area (Å²) < 4.78 is 0. The van der Waals surface area contributed by atoms with Gasteiger partial charge >= 0.3 is 0 Å². The third kappa shape index (κ3) is 3.15. The fourth-order valence-corrected chi connectivity index (χ4v) is 2.24. The van der Waals surface area contributed by atoms with Crippen LogP contribution >= 0.6 is 0 Å². The van der Waals surface area contributed by atoms with Crippen LogP contribution in [0.25, 0.3) is 23.4 Å². The highest BCUT2D eigenvalue weighted by Crippen LogP contribution is 2.29. The van der Waals surface area contributed by atoms with Crippen LogP contribution in [0.15, 0.2) is 66.9 Å². The van der Waals surface area contributed by atoms with Crippen molar-refractivity contribution in [2.75, 3.05) is 5.73 Å². The molecule has 0 radical (unpaired) electrons. The Balaban J connectivity index is 1.93. The predicted molar refractivity (Wildman–Crippen MR) is 91.1 cm³/mol. The van der Waals surface area contributed by atoms with Gasteiger partial charge in [0.15, 0.2) is 0 Å². The average molecular weight is 288 g/mol. The van der Waals surface area contributed by atoms with Crippen LogP contribution in [0.1, 0.15) is 11.1 Å². The van der Waals surface area contributed by atoms with Gasteiger partial charge in [-0.3, -0.25) is 4.98 Å². The zero-order valence-electron chi connectivity index (χ0n) is 12.0. The lowest BCUT2D eigenvalue weighted by molar-refractivity contribution is 0.477. The number of pyridine rings is 1. The smallest absolute Gasteiger partial charge is 0.125 e. The lowest BCUT2D eigenvalue weighted by Crippen LogP contribution is -1.85. The quantitative estimate of drug-likeness (QED) is 0.560. The highest BCUT2D eigenvalue weighted by Gasteiger charge is 2.05. The molecule has 0 unspecified atom stereocenters. The number of nitrogen functional groups attached to an aromatic ring is 1. The Hall–Kier alpha value is -3.07. The molecular formula is C19H16N2O. The molecule has 1 heterocycles. The van der Waals surface area contributed by atoms with Crippen LogP contribution in [-0.2, 0) is 0 Å². The van der Waals surface area contributed by atoms with Gasteiger partial charge in [-0.05, 0) is 47.5 Å². The number of hydrogen-bond donors (Lipinski definition) is 2. The Morgan fingerprint density at radius 1 is 0.864 bits per heavy atom. The number of nitrogens with two attached hydrogens (primary N) is 1. The molecule has 0 saturated carbocycles. The molecule has 1 aromatic heterocycles. The first-order chi connectivity index (χ1) is 10.7. The molecule has 22 heavy (non-hydrogen) atoms. The van der Waals surface area contributed by atoms with E-state index in [1.807, 2.05) is 66.7 Å². The topological polar surface area (TPSA) is 59.1 Å². The number of anilines is 1. The summed E-state index contributed by atoms with van der Waals surface area (Å²) in [5.41, 5.74) is 10.00. The van der Waals surface area contributed by atoms with Crippen LogP contribution in [0.4, 0.5) is 5.69 Å². The Bertz CT molecular complexity index is 811. The molecule has 0 aliphatic carbocycles. The zero-order chi connectivity index (χ0) is 15.4. The van der Waals surface area contributed by atoms with E-state index in [2.05, 4.69) is 4.98 Å². The van der Waals surface area contributed by atoms with E-state index >= 15 is 0 Å². The Morgan fingerprint density at radius 2 is 1.68 bits per heavy atom. The summed E-state index contributed by atoms with van der Waals surface area (Å²) in [7, 11) is 0. The van der Waals surface area contributed by atoms with Crippen LogP contribution in [0.5, 0.6) is 5.75 Å². The molecule has 0 spiro atoms. The van der Waals surface area contributed by atoms with Crippen molar-refractivity contribution in [2.45, 2.75) is 0 Å². The van der Waals surface area contributed by atoms with Crippen molar-refractivity contribution in [3.05, 3.63) is 78.0 Å². The minimum absolute atomic E-state index is 0.222. The van der Waals surface area contributed by atoms with Crippen LogP contribution in [-0.4, -0.2) is 10.1 Å². The summed E-state index contributed by atoms with van der Waals surface area (Å²) in [6.07, 6.45) is 5.69. The molecule has 3 heteroatoms. The fourth-order valence-electron chi connectivity index (χ4n) is 2.24. The molecule has 0 atom stereocenters. The van der Waals surface area contributed by atoms with Crippen molar-refractivity contribution in [1.29, 1.82) is 0 Å². The minimum atomic E-state index is 0.222. The summed E-state index contributed by atoms with van der Waals surface area (Å²) in [6, 6.07) is 18.8. The molecule has 0 fully saturated rings. The maximum absolute atomic E-state index is 10.0. The maximum Gasteiger partial charge on any atom is 0.125 e. The molecule has 0 saturated heterocycles. The van der Waals surface area contributed by atoms with Gasteiger partial charge in [-0.15, -0.1) is 0 Å². The van der Waals surface area contributed by atoms with Gasteiger partial charge in [0.1, 0.15) is 5.75 Å². The van der Waals surface area contributed by atoms with Crippen molar-refractivity contribution in [1.82, 2.24) is 4.98 Å². The molecule has 108 valence electrons. The Morgan fingerprint density at radius 3 is 2.41 bits per heavy atom. The van der Waals surface area contributed by atoms with Crippen molar-refractivity contribution in [3.63, 3.8) is 0 Å². The van der Waals surface area contributed by atoms with Crippen molar-refractivity contribution < 1.29 is 5.11 Å².